The fraction of sp³-hybridized carbons (Fsp3) is 0.636. The van der Waals surface area contributed by atoms with E-state index in [1.165, 1.54) is 0 Å². The van der Waals surface area contributed by atoms with Crippen molar-refractivity contribution in [1.29, 1.82) is 0 Å². The molecule has 1 aromatic rings. The molecule has 0 saturated carbocycles. The van der Waals surface area contributed by atoms with Gasteiger partial charge in [0.2, 0.25) is 5.91 Å². The van der Waals surface area contributed by atoms with E-state index in [1.54, 1.807) is 28.0 Å². The molecule has 1 aliphatic heterocycles. The van der Waals surface area contributed by atoms with Crippen molar-refractivity contribution in [2.75, 3.05) is 13.1 Å². The largest absolute Gasteiger partial charge is 0.389 e. The Kier molecular flexibility index (Phi) is 3.69. The van der Waals surface area contributed by atoms with Crippen molar-refractivity contribution < 1.29 is 9.90 Å². The van der Waals surface area contributed by atoms with Gasteiger partial charge in [-0.3, -0.25) is 9.48 Å². The van der Waals surface area contributed by atoms with Gasteiger partial charge in [-0.2, -0.15) is 5.10 Å². The van der Waals surface area contributed by atoms with Crippen molar-refractivity contribution >= 4 is 17.5 Å². The highest BCUT2D eigenvalue weighted by molar-refractivity contribution is 6.30. The zero-order chi connectivity index (χ0) is 12.4. The third-order valence-corrected chi connectivity index (χ3v) is 3.56. The number of β-amino-alcohol motifs (C(OH)–C–C–N with tert-alkyl or cyclic N) is 1. The molecular weight excluding hydrogens is 242 g/mol. The summed E-state index contributed by atoms with van der Waals surface area (Å²) in [6.45, 7) is 2.66. The average Bonchev–Trinajstić information content (AvgIpc) is 2.95. The molecule has 1 saturated heterocycles. The van der Waals surface area contributed by atoms with Gasteiger partial charge in [-0.05, 0) is 12.5 Å². The molecule has 0 aromatic carbocycles. The maximum Gasteiger partial charge on any atom is 0.240 e. The van der Waals surface area contributed by atoms with Crippen LogP contribution in [0.2, 0.25) is 0 Å². The van der Waals surface area contributed by atoms with E-state index < -0.39 is 11.5 Å². The predicted octanol–water partition coefficient (Wildman–Crippen LogP) is 0.645. The van der Waals surface area contributed by atoms with Gasteiger partial charge in [0.15, 0.2) is 0 Å². The lowest BCUT2D eigenvalue weighted by molar-refractivity contribution is -0.130. The van der Waals surface area contributed by atoms with E-state index in [2.05, 4.69) is 5.10 Å². The first-order valence-corrected chi connectivity index (χ1v) is 6.17. The molecule has 1 amide bonds. The Balaban J connectivity index is 2.05. The van der Waals surface area contributed by atoms with Gasteiger partial charge in [-0.15, -0.1) is 11.6 Å². The van der Waals surface area contributed by atoms with Gasteiger partial charge in [0, 0.05) is 25.5 Å². The summed E-state index contributed by atoms with van der Waals surface area (Å²) in [7, 11) is 0. The summed E-state index contributed by atoms with van der Waals surface area (Å²) < 4.78 is 1.69. The third-order valence-electron chi connectivity index (χ3n) is 3.06. The second kappa shape index (κ2) is 5.06. The molecule has 0 spiro atoms. The Morgan fingerprint density at radius 2 is 2.41 bits per heavy atom. The van der Waals surface area contributed by atoms with Crippen LogP contribution < -0.4 is 0 Å². The van der Waals surface area contributed by atoms with Crippen molar-refractivity contribution in [3.05, 3.63) is 18.5 Å². The zero-order valence-electron chi connectivity index (χ0n) is 9.66. The van der Waals surface area contributed by atoms with Crippen LogP contribution in [0.5, 0.6) is 0 Å². The van der Waals surface area contributed by atoms with Crippen molar-refractivity contribution in [1.82, 2.24) is 14.7 Å². The monoisotopic (exact) mass is 257 g/mol. The van der Waals surface area contributed by atoms with Gasteiger partial charge in [-0.1, -0.05) is 6.92 Å². The first-order chi connectivity index (χ1) is 8.13. The standard InChI is InChI=1S/C11H16ClN3O2/c1-2-8(12)11(17)14-6-9(10(16)7-14)15-5-3-4-13-15/h3-5,8-10,16H,2,6-7H2,1H3/t8-,9-,10+/m0/s1. The fourth-order valence-corrected chi connectivity index (χ4v) is 2.20. The molecule has 1 fully saturated rings. The topological polar surface area (TPSA) is 58.4 Å². The number of carbonyl (C=O) groups excluding carboxylic acids is 1. The molecule has 0 aliphatic carbocycles. The SMILES string of the molecule is CC[C@H](Cl)C(=O)N1C[C@@H](O)[C@@H](n2cccn2)C1. The molecule has 1 aromatic heterocycles. The molecule has 0 unspecified atom stereocenters. The number of nitrogens with zero attached hydrogens (tertiary/aromatic N) is 3. The Hall–Kier alpha value is -1.07. The number of carbonyl (C=O) groups is 1. The summed E-state index contributed by atoms with van der Waals surface area (Å²) >= 11 is 5.92. The van der Waals surface area contributed by atoms with Crippen molar-refractivity contribution in [3.63, 3.8) is 0 Å². The number of amides is 1. The molecule has 3 atom stereocenters. The normalized spacial score (nSPS) is 26.2. The maximum absolute atomic E-state index is 11.9. The van der Waals surface area contributed by atoms with Gasteiger partial charge in [0.25, 0.3) is 0 Å². The lowest BCUT2D eigenvalue weighted by atomic mass is 10.2. The van der Waals surface area contributed by atoms with Crippen LogP contribution in [0.15, 0.2) is 18.5 Å². The Bertz CT molecular complexity index is 382. The van der Waals surface area contributed by atoms with Gasteiger partial charge in [0.1, 0.15) is 5.38 Å². The molecule has 6 heteroatoms. The zero-order valence-corrected chi connectivity index (χ0v) is 10.4. The van der Waals surface area contributed by atoms with Crippen LogP contribution in [0, 0.1) is 0 Å². The van der Waals surface area contributed by atoms with E-state index >= 15 is 0 Å². The molecule has 2 heterocycles. The fourth-order valence-electron chi connectivity index (χ4n) is 2.06. The van der Waals surface area contributed by atoms with E-state index in [0.717, 1.165) is 0 Å². The number of alkyl halides is 1. The second-order valence-electron chi connectivity index (χ2n) is 4.24. The molecule has 17 heavy (non-hydrogen) atoms. The quantitative estimate of drug-likeness (QED) is 0.809. The summed E-state index contributed by atoms with van der Waals surface area (Å²) in [6.07, 6.45) is 3.46. The average molecular weight is 258 g/mol. The van der Waals surface area contributed by atoms with Crippen LogP contribution in [0.3, 0.4) is 0 Å². The van der Waals surface area contributed by atoms with Gasteiger partial charge >= 0.3 is 0 Å². The van der Waals surface area contributed by atoms with Crippen molar-refractivity contribution in [2.45, 2.75) is 30.9 Å². The van der Waals surface area contributed by atoms with Gasteiger partial charge in [-0.25, -0.2) is 0 Å². The van der Waals surface area contributed by atoms with Crippen LogP contribution in [-0.2, 0) is 4.79 Å². The number of rotatable bonds is 3. The molecule has 1 N–H and O–H groups in total. The minimum atomic E-state index is -0.584. The van der Waals surface area contributed by atoms with Crippen molar-refractivity contribution in [2.24, 2.45) is 0 Å². The molecule has 1 aliphatic rings. The van der Waals surface area contributed by atoms with E-state index in [-0.39, 0.29) is 11.9 Å². The Morgan fingerprint density at radius 3 is 3.00 bits per heavy atom. The molecule has 0 bridgehead atoms. The first kappa shape index (κ1) is 12.4. The van der Waals surface area contributed by atoms with E-state index in [9.17, 15) is 9.90 Å². The Morgan fingerprint density at radius 1 is 1.65 bits per heavy atom. The number of hydrogen-bond donors (Lipinski definition) is 1. The smallest absolute Gasteiger partial charge is 0.240 e. The Labute approximate surface area is 105 Å². The molecular formula is C11H16ClN3O2. The van der Waals surface area contributed by atoms with Crippen LogP contribution in [0.1, 0.15) is 19.4 Å². The summed E-state index contributed by atoms with van der Waals surface area (Å²) in [5.41, 5.74) is 0. The van der Waals surface area contributed by atoms with Crippen molar-refractivity contribution in [3.8, 4) is 0 Å². The van der Waals surface area contributed by atoms with E-state index in [4.69, 9.17) is 11.6 Å². The number of aliphatic hydroxyl groups excluding tert-OH is 1. The van der Waals surface area contributed by atoms with Crippen LogP contribution in [-0.4, -0.2) is 50.3 Å². The highest BCUT2D eigenvalue weighted by atomic mass is 35.5. The molecule has 94 valence electrons. The molecule has 2 rings (SSSR count). The second-order valence-corrected chi connectivity index (χ2v) is 4.77. The van der Waals surface area contributed by atoms with E-state index in [0.29, 0.717) is 19.5 Å². The lowest BCUT2D eigenvalue weighted by Crippen LogP contribution is -2.35. The van der Waals surface area contributed by atoms with Gasteiger partial charge < -0.3 is 10.0 Å². The number of hydrogen-bond acceptors (Lipinski definition) is 3. The predicted molar refractivity (Wildman–Crippen MR) is 63.8 cm³/mol. The highest BCUT2D eigenvalue weighted by Gasteiger charge is 2.36. The highest BCUT2D eigenvalue weighted by Crippen LogP contribution is 2.23. The molecule has 0 radical (unpaired) electrons. The number of halogens is 1. The van der Waals surface area contributed by atoms with Crippen LogP contribution in [0.4, 0.5) is 0 Å². The number of likely N-dealkylation sites (tertiary alicyclic amines) is 1. The number of aliphatic hydroxyl groups is 1. The van der Waals surface area contributed by atoms with E-state index in [1.807, 2.05) is 6.92 Å². The summed E-state index contributed by atoms with van der Waals surface area (Å²) in [6, 6.07) is 1.63. The van der Waals surface area contributed by atoms with Gasteiger partial charge in [0.05, 0.1) is 12.1 Å². The maximum atomic E-state index is 11.9. The molecule has 5 nitrogen and oxygen atoms in total. The first-order valence-electron chi connectivity index (χ1n) is 5.73. The van der Waals surface area contributed by atoms with Crippen LogP contribution >= 0.6 is 11.6 Å². The minimum Gasteiger partial charge on any atom is -0.389 e. The summed E-state index contributed by atoms with van der Waals surface area (Å²) in [5.74, 6) is -0.108. The number of aromatic nitrogens is 2. The third kappa shape index (κ3) is 2.45. The van der Waals surface area contributed by atoms with Crippen LogP contribution in [0.25, 0.3) is 0 Å². The summed E-state index contributed by atoms with van der Waals surface area (Å²) in [4.78, 5) is 13.5. The lowest BCUT2D eigenvalue weighted by Gasteiger charge is -2.18. The minimum absolute atomic E-state index is 0.108. The summed E-state index contributed by atoms with van der Waals surface area (Å²) in [5, 5.41) is 13.5.